The van der Waals surface area contributed by atoms with Gasteiger partial charge in [-0.15, -0.1) is 0 Å². The van der Waals surface area contributed by atoms with Crippen LogP contribution in [0.4, 0.5) is 4.39 Å². The molecule has 1 saturated heterocycles. The van der Waals surface area contributed by atoms with Gasteiger partial charge in [0.2, 0.25) is 5.91 Å². The molecule has 1 saturated carbocycles. The Bertz CT molecular complexity index is 730. The average molecular weight is 330 g/mol. The third-order valence-electron chi connectivity index (χ3n) is 5.33. The minimum atomic E-state index is -0.278. The van der Waals surface area contributed by atoms with E-state index in [-0.39, 0.29) is 17.8 Å². The second kappa shape index (κ2) is 6.51. The van der Waals surface area contributed by atoms with E-state index in [1.54, 1.807) is 6.07 Å². The predicted octanol–water partition coefficient (Wildman–Crippen LogP) is 2.28. The lowest BCUT2D eigenvalue weighted by molar-refractivity contribution is -0.122. The van der Waals surface area contributed by atoms with Crippen LogP contribution >= 0.6 is 0 Å². The van der Waals surface area contributed by atoms with Gasteiger partial charge in [0.15, 0.2) is 0 Å². The van der Waals surface area contributed by atoms with E-state index >= 15 is 0 Å². The molecule has 1 aliphatic heterocycles. The van der Waals surface area contributed by atoms with Crippen LogP contribution in [0.15, 0.2) is 18.2 Å². The van der Waals surface area contributed by atoms with Crippen LogP contribution in [0.5, 0.6) is 0 Å². The number of aromatic amines is 1. The molecule has 2 fully saturated rings. The molecule has 0 bridgehead atoms. The zero-order valence-corrected chi connectivity index (χ0v) is 13.6. The Balaban J connectivity index is 1.29. The maximum absolute atomic E-state index is 13.2. The van der Waals surface area contributed by atoms with Gasteiger partial charge >= 0.3 is 0 Å². The van der Waals surface area contributed by atoms with Crippen molar-refractivity contribution in [3.63, 3.8) is 0 Å². The Morgan fingerprint density at radius 1 is 1.33 bits per heavy atom. The van der Waals surface area contributed by atoms with Crippen molar-refractivity contribution in [2.75, 3.05) is 6.54 Å². The molecular formula is C18H23FN4O. The van der Waals surface area contributed by atoms with Crippen LogP contribution in [0.2, 0.25) is 0 Å². The molecule has 4 rings (SSSR count). The molecule has 2 aromatic rings. The van der Waals surface area contributed by atoms with Gasteiger partial charge in [-0.2, -0.15) is 0 Å². The molecule has 5 nitrogen and oxygen atoms in total. The second-order valence-corrected chi connectivity index (χ2v) is 6.99. The summed E-state index contributed by atoms with van der Waals surface area (Å²) < 4.78 is 13.2. The van der Waals surface area contributed by atoms with Crippen molar-refractivity contribution >= 4 is 16.9 Å². The molecule has 1 aromatic heterocycles. The topological polar surface area (TPSA) is 69.8 Å². The van der Waals surface area contributed by atoms with E-state index in [2.05, 4.69) is 20.6 Å². The standard InChI is InChI=1S/C18H23FN4O/c19-12-5-6-14-15(10-12)23-17(22-14)7-8-20-18(24)16-9-11-3-1-2-4-13(11)21-16/h5-6,10-11,13,16,21H,1-4,7-9H2,(H,20,24)(H,22,23). The Kier molecular flexibility index (Phi) is 4.22. The molecule has 3 N–H and O–H groups in total. The summed E-state index contributed by atoms with van der Waals surface area (Å²) in [6.07, 6.45) is 6.59. The lowest BCUT2D eigenvalue weighted by Crippen LogP contribution is -2.43. The highest BCUT2D eigenvalue weighted by atomic mass is 19.1. The van der Waals surface area contributed by atoms with E-state index in [1.807, 2.05) is 0 Å². The second-order valence-electron chi connectivity index (χ2n) is 6.99. The van der Waals surface area contributed by atoms with Gasteiger partial charge in [0, 0.05) is 19.0 Å². The van der Waals surface area contributed by atoms with Gasteiger partial charge in [0.1, 0.15) is 11.6 Å². The van der Waals surface area contributed by atoms with E-state index in [0.29, 0.717) is 30.4 Å². The number of hydrogen-bond donors (Lipinski definition) is 3. The number of fused-ring (bicyclic) bond motifs is 2. The first-order valence-corrected chi connectivity index (χ1v) is 8.87. The van der Waals surface area contributed by atoms with Crippen molar-refractivity contribution in [3.05, 3.63) is 29.8 Å². The lowest BCUT2D eigenvalue weighted by atomic mass is 9.85. The minimum Gasteiger partial charge on any atom is -0.354 e. The summed E-state index contributed by atoms with van der Waals surface area (Å²) in [6.45, 7) is 0.536. The summed E-state index contributed by atoms with van der Waals surface area (Å²) in [5.74, 6) is 1.25. The zero-order chi connectivity index (χ0) is 16.5. The lowest BCUT2D eigenvalue weighted by Gasteiger charge is -2.24. The fourth-order valence-electron chi connectivity index (χ4n) is 4.10. The monoisotopic (exact) mass is 330 g/mol. The minimum absolute atomic E-state index is 0.0529. The quantitative estimate of drug-likeness (QED) is 0.805. The molecule has 3 unspecified atom stereocenters. The third kappa shape index (κ3) is 3.15. The van der Waals surface area contributed by atoms with Crippen molar-refractivity contribution in [3.8, 4) is 0 Å². The molecule has 3 atom stereocenters. The first kappa shape index (κ1) is 15.6. The van der Waals surface area contributed by atoms with Crippen molar-refractivity contribution in [2.45, 2.75) is 50.6 Å². The number of halogens is 1. The fourth-order valence-corrected chi connectivity index (χ4v) is 4.10. The Morgan fingerprint density at radius 3 is 3.08 bits per heavy atom. The van der Waals surface area contributed by atoms with Gasteiger partial charge in [0.25, 0.3) is 0 Å². The zero-order valence-electron chi connectivity index (χ0n) is 13.6. The maximum Gasteiger partial charge on any atom is 0.237 e. The average Bonchev–Trinajstić information content (AvgIpc) is 3.17. The number of rotatable bonds is 4. The molecule has 2 aliphatic rings. The summed E-state index contributed by atoms with van der Waals surface area (Å²) in [7, 11) is 0. The van der Waals surface area contributed by atoms with Gasteiger partial charge in [-0.25, -0.2) is 9.37 Å². The largest absolute Gasteiger partial charge is 0.354 e. The summed E-state index contributed by atoms with van der Waals surface area (Å²) in [4.78, 5) is 19.9. The number of amides is 1. The number of nitrogens with one attached hydrogen (secondary N) is 3. The van der Waals surface area contributed by atoms with Crippen LogP contribution in [0.1, 0.15) is 37.9 Å². The SMILES string of the molecule is O=C(NCCc1nc2ccc(F)cc2[nH]1)C1CC2CCCCC2N1. The van der Waals surface area contributed by atoms with E-state index in [4.69, 9.17) is 0 Å². The number of H-pyrrole nitrogens is 1. The number of carbonyl (C=O) groups excluding carboxylic acids is 1. The van der Waals surface area contributed by atoms with E-state index in [9.17, 15) is 9.18 Å². The number of nitrogens with zero attached hydrogens (tertiary/aromatic N) is 1. The van der Waals surface area contributed by atoms with Crippen molar-refractivity contribution in [1.29, 1.82) is 0 Å². The highest BCUT2D eigenvalue weighted by molar-refractivity contribution is 5.82. The van der Waals surface area contributed by atoms with Crippen LogP contribution in [0.25, 0.3) is 11.0 Å². The maximum atomic E-state index is 13.2. The smallest absolute Gasteiger partial charge is 0.237 e. The summed E-state index contributed by atoms with van der Waals surface area (Å²) in [6, 6.07) is 4.98. The third-order valence-corrected chi connectivity index (χ3v) is 5.33. The summed E-state index contributed by atoms with van der Waals surface area (Å²) >= 11 is 0. The normalized spacial score (nSPS) is 26.5. The number of imidazole rings is 1. The van der Waals surface area contributed by atoms with Gasteiger partial charge in [-0.05, 0) is 43.4 Å². The van der Waals surface area contributed by atoms with E-state index in [1.165, 1.54) is 37.8 Å². The van der Waals surface area contributed by atoms with Gasteiger partial charge in [-0.1, -0.05) is 12.8 Å². The number of benzene rings is 1. The Hall–Kier alpha value is -1.95. The first-order valence-electron chi connectivity index (χ1n) is 8.87. The molecule has 0 radical (unpaired) electrons. The molecule has 0 spiro atoms. The molecule has 24 heavy (non-hydrogen) atoms. The van der Waals surface area contributed by atoms with Gasteiger partial charge < -0.3 is 15.6 Å². The summed E-state index contributed by atoms with van der Waals surface area (Å²) in [5.41, 5.74) is 1.44. The molecule has 128 valence electrons. The van der Waals surface area contributed by atoms with Crippen molar-refractivity contribution in [1.82, 2.24) is 20.6 Å². The van der Waals surface area contributed by atoms with Crippen LogP contribution in [0.3, 0.4) is 0 Å². The molecular weight excluding hydrogens is 307 g/mol. The van der Waals surface area contributed by atoms with Crippen LogP contribution < -0.4 is 10.6 Å². The number of hydrogen-bond acceptors (Lipinski definition) is 3. The Labute approximate surface area is 140 Å². The molecule has 1 aromatic carbocycles. The number of carbonyl (C=O) groups is 1. The highest BCUT2D eigenvalue weighted by Crippen LogP contribution is 2.33. The van der Waals surface area contributed by atoms with E-state index < -0.39 is 0 Å². The summed E-state index contributed by atoms with van der Waals surface area (Å²) in [5, 5.41) is 6.49. The van der Waals surface area contributed by atoms with Gasteiger partial charge in [0.05, 0.1) is 17.1 Å². The van der Waals surface area contributed by atoms with Gasteiger partial charge in [-0.3, -0.25) is 4.79 Å². The fraction of sp³-hybridized carbons (Fsp3) is 0.556. The first-order chi connectivity index (χ1) is 11.7. The molecule has 2 heterocycles. The highest BCUT2D eigenvalue weighted by Gasteiger charge is 2.37. The van der Waals surface area contributed by atoms with Crippen molar-refractivity contribution < 1.29 is 9.18 Å². The Morgan fingerprint density at radius 2 is 2.21 bits per heavy atom. The predicted molar refractivity (Wildman–Crippen MR) is 90.1 cm³/mol. The number of aromatic nitrogens is 2. The van der Waals surface area contributed by atoms with Crippen LogP contribution in [-0.4, -0.2) is 34.5 Å². The molecule has 6 heteroatoms. The van der Waals surface area contributed by atoms with Crippen molar-refractivity contribution in [2.24, 2.45) is 5.92 Å². The molecule has 1 amide bonds. The molecule has 1 aliphatic carbocycles. The van der Waals surface area contributed by atoms with Crippen LogP contribution in [-0.2, 0) is 11.2 Å². The van der Waals surface area contributed by atoms with E-state index in [0.717, 1.165) is 17.8 Å². The van der Waals surface area contributed by atoms with Crippen LogP contribution in [0, 0.1) is 11.7 Å².